The van der Waals surface area contributed by atoms with Crippen LogP contribution in [-0.2, 0) is 19.4 Å². The molecule has 3 aromatic carbocycles. The summed E-state index contributed by atoms with van der Waals surface area (Å²) in [6.45, 7) is 16.9. The number of aryl methyl sites for hydroxylation is 2. The Morgan fingerprint density at radius 3 is 2.31 bits per heavy atom. The van der Waals surface area contributed by atoms with Crippen LogP contribution >= 0.6 is 0 Å². The Balaban J connectivity index is 1.62. The molecular formula is C34H42N2. The molecule has 36 heavy (non-hydrogen) atoms. The molecule has 0 aromatic heterocycles. The summed E-state index contributed by atoms with van der Waals surface area (Å²) in [5, 5.41) is 10.1. The first kappa shape index (κ1) is 26.2. The van der Waals surface area contributed by atoms with Crippen LogP contribution in [0.15, 0.2) is 48.5 Å². The standard InChI is InChI=1S/C34H42N2/c1-7-29-19-28(22-36-16-14-23(2)15-17-36)20-30(21-35)34(29)18-25(4)31-11-9-13-33(27(31)6)32-12-8-10-24(3)26(32)5/h8-13,19-20,23,25H,7,14-18,22H2,1-6H3. The van der Waals surface area contributed by atoms with Crippen LogP contribution in [0.5, 0.6) is 0 Å². The minimum atomic E-state index is 0.335. The van der Waals surface area contributed by atoms with Gasteiger partial charge in [-0.2, -0.15) is 5.26 Å². The maximum atomic E-state index is 10.1. The van der Waals surface area contributed by atoms with Gasteiger partial charge < -0.3 is 0 Å². The van der Waals surface area contributed by atoms with E-state index in [4.69, 9.17) is 0 Å². The lowest BCUT2D eigenvalue weighted by molar-refractivity contribution is 0.185. The molecule has 1 saturated heterocycles. The lowest BCUT2D eigenvalue weighted by Crippen LogP contribution is -2.32. The van der Waals surface area contributed by atoms with Gasteiger partial charge in [0.2, 0.25) is 0 Å². The van der Waals surface area contributed by atoms with E-state index in [0.717, 1.165) is 30.9 Å². The molecule has 2 nitrogen and oxygen atoms in total. The Kier molecular flexibility index (Phi) is 8.32. The minimum Gasteiger partial charge on any atom is -0.299 e. The zero-order chi connectivity index (χ0) is 25.8. The molecule has 0 saturated carbocycles. The summed E-state index contributed by atoms with van der Waals surface area (Å²) in [4.78, 5) is 2.56. The zero-order valence-corrected chi connectivity index (χ0v) is 23.1. The summed E-state index contributed by atoms with van der Waals surface area (Å²) in [5.74, 6) is 1.17. The highest BCUT2D eigenvalue weighted by Crippen LogP contribution is 2.35. The summed E-state index contributed by atoms with van der Waals surface area (Å²) in [6.07, 6.45) is 4.41. The van der Waals surface area contributed by atoms with Crippen LogP contribution in [0.3, 0.4) is 0 Å². The van der Waals surface area contributed by atoms with E-state index < -0.39 is 0 Å². The quantitative estimate of drug-likeness (QED) is 0.341. The van der Waals surface area contributed by atoms with Gasteiger partial charge in [0.25, 0.3) is 0 Å². The predicted octanol–water partition coefficient (Wildman–Crippen LogP) is 8.29. The lowest BCUT2D eigenvalue weighted by atomic mass is 9.83. The molecular weight excluding hydrogens is 436 g/mol. The second-order valence-corrected chi connectivity index (χ2v) is 11.1. The highest BCUT2D eigenvalue weighted by Gasteiger charge is 2.20. The van der Waals surface area contributed by atoms with Crippen LogP contribution in [-0.4, -0.2) is 18.0 Å². The number of hydrogen-bond acceptors (Lipinski definition) is 2. The minimum absolute atomic E-state index is 0.335. The topological polar surface area (TPSA) is 27.0 Å². The molecule has 0 bridgehead atoms. The van der Waals surface area contributed by atoms with E-state index in [-0.39, 0.29) is 0 Å². The Morgan fingerprint density at radius 1 is 0.972 bits per heavy atom. The summed E-state index contributed by atoms with van der Waals surface area (Å²) < 4.78 is 0. The average Bonchev–Trinajstić information content (AvgIpc) is 2.88. The van der Waals surface area contributed by atoms with Crippen LogP contribution in [0.25, 0.3) is 11.1 Å². The maximum absolute atomic E-state index is 10.1. The van der Waals surface area contributed by atoms with Gasteiger partial charge in [0, 0.05) is 6.54 Å². The molecule has 188 valence electrons. The van der Waals surface area contributed by atoms with E-state index in [1.807, 2.05) is 0 Å². The van der Waals surface area contributed by atoms with Crippen LogP contribution in [0.2, 0.25) is 0 Å². The first-order valence-corrected chi connectivity index (χ1v) is 13.8. The van der Waals surface area contributed by atoms with Crippen molar-refractivity contribution in [3.05, 3.63) is 93.0 Å². The SMILES string of the molecule is CCc1cc(CN2CCC(C)CC2)cc(C#N)c1CC(C)c1cccc(-c2cccc(C)c2C)c1C. The average molecular weight is 479 g/mol. The number of benzene rings is 3. The van der Waals surface area contributed by atoms with Gasteiger partial charge in [-0.3, -0.25) is 4.90 Å². The van der Waals surface area contributed by atoms with Gasteiger partial charge in [0.1, 0.15) is 0 Å². The van der Waals surface area contributed by atoms with Crippen molar-refractivity contribution in [1.29, 1.82) is 5.26 Å². The maximum Gasteiger partial charge on any atom is 0.0994 e. The van der Waals surface area contributed by atoms with Crippen molar-refractivity contribution < 1.29 is 0 Å². The molecule has 1 aliphatic heterocycles. The summed E-state index contributed by atoms with van der Waals surface area (Å²) in [6, 6.07) is 20.4. The molecule has 0 N–H and O–H groups in total. The number of nitrogens with zero attached hydrogens (tertiary/aromatic N) is 2. The second kappa shape index (κ2) is 11.4. The van der Waals surface area contributed by atoms with Gasteiger partial charge in [-0.15, -0.1) is 0 Å². The normalized spacial score (nSPS) is 15.6. The Hall–Kier alpha value is -2.89. The fourth-order valence-electron chi connectivity index (χ4n) is 5.96. The first-order chi connectivity index (χ1) is 17.3. The van der Waals surface area contributed by atoms with Crippen LogP contribution in [0.1, 0.15) is 84.0 Å². The van der Waals surface area contributed by atoms with Gasteiger partial charge in [0.15, 0.2) is 0 Å². The van der Waals surface area contributed by atoms with E-state index >= 15 is 0 Å². The summed E-state index contributed by atoms with van der Waals surface area (Å²) >= 11 is 0. The first-order valence-electron chi connectivity index (χ1n) is 13.8. The molecule has 1 unspecified atom stereocenters. The molecule has 2 heteroatoms. The lowest BCUT2D eigenvalue weighted by Gasteiger charge is -2.30. The number of piperidine rings is 1. The Labute approximate surface area is 219 Å². The van der Waals surface area contributed by atoms with E-state index in [1.54, 1.807) is 0 Å². The molecule has 3 aromatic rings. The zero-order valence-electron chi connectivity index (χ0n) is 23.1. The molecule has 0 aliphatic carbocycles. The molecule has 0 spiro atoms. The van der Waals surface area contributed by atoms with Gasteiger partial charge >= 0.3 is 0 Å². The Bertz CT molecular complexity index is 1250. The van der Waals surface area contributed by atoms with Crippen LogP contribution in [0, 0.1) is 38.0 Å². The number of nitriles is 1. The molecule has 1 fully saturated rings. The summed E-state index contributed by atoms with van der Waals surface area (Å²) in [7, 11) is 0. The molecule has 1 atom stereocenters. The van der Waals surface area contributed by atoms with Crippen molar-refractivity contribution in [2.24, 2.45) is 5.92 Å². The molecule has 1 heterocycles. The predicted molar refractivity (Wildman–Crippen MR) is 152 cm³/mol. The van der Waals surface area contributed by atoms with Crippen molar-refractivity contribution in [1.82, 2.24) is 4.90 Å². The van der Waals surface area contributed by atoms with Crippen molar-refractivity contribution in [2.45, 2.75) is 79.7 Å². The highest BCUT2D eigenvalue weighted by atomic mass is 15.1. The Morgan fingerprint density at radius 2 is 1.64 bits per heavy atom. The number of likely N-dealkylation sites (tertiary alicyclic amines) is 1. The fraction of sp³-hybridized carbons (Fsp3) is 0.441. The second-order valence-electron chi connectivity index (χ2n) is 11.1. The third kappa shape index (κ3) is 5.58. The van der Waals surface area contributed by atoms with Gasteiger partial charge in [-0.05, 0) is 128 Å². The third-order valence-corrected chi connectivity index (χ3v) is 8.50. The van der Waals surface area contributed by atoms with Crippen molar-refractivity contribution in [3.63, 3.8) is 0 Å². The van der Waals surface area contributed by atoms with Crippen LogP contribution in [0.4, 0.5) is 0 Å². The van der Waals surface area contributed by atoms with E-state index in [9.17, 15) is 5.26 Å². The highest BCUT2D eigenvalue weighted by molar-refractivity contribution is 5.72. The van der Waals surface area contributed by atoms with E-state index in [2.05, 4.69) is 101 Å². The monoisotopic (exact) mass is 478 g/mol. The van der Waals surface area contributed by atoms with Gasteiger partial charge in [-0.25, -0.2) is 0 Å². The van der Waals surface area contributed by atoms with Crippen molar-refractivity contribution in [2.75, 3.05) is 13.1 Å². The van der Waals surface area contributed by atoms with Gasteiger partial charge in [-0.1, -0.05) is 63.2 Å². The van der Waals surface area contributed by atoms with Crippen molar-refractivity contribution in [3.8, 4) is 17.2 Å². The smallest absolute Gasteiger partial charge is 0.0994 e. The van der Waals surface area contributed by atoms with E-state index in [0.29, 0.717) is 5.92 Å². The molecule has 0 radical (unpaired) electrons. The fourth-order valence-corrected chi connectivity index (χ4v) is 5.96. The molecule has 0 amide bonds. The number of hydrogen-bond donors (Lipinski definition) is 0. The molecule has 4 rings (SSSR count). The third-order valence-electron chi connectivity index (χ3n) is 8.50. The number of rotatable bonds is 7. The largest absolute Gasteiger partial charge is 0.299 e. The van der Waals surface area contributed by atoms with Gasteiger partial charge in [0.05, 0.1) is 11.6 Å². The summed E-state index contributed by atoms with van der Waals surface area (Å²) in [5.41, 5.74) is 12.8. The van der Waals surface area contributed by atoms with Crippen LogP contribution < -0.4 is 0 Å². The molecule has 1 aliphatic rings. The van der Waals surface area contributed by atoms with E-state index in [1.165, 1.54) is 76.0 Å². The van der Waals surface area contributed by atoms with Crippen molar-refractivity contribution >= 4 is 0 Å².